The van der Waals surface area contributed by atoms with Gasteiger partial charge >= 0.3 is 0 Å². The Morgan fingerprint density at radius 3 is 2.22 bits per heavy atom. The van der Waals surface area contributed by atoms with E-state index in [0.717, 1.165) is 0 Å². The molecule has 0 aromatic heterocycles. The maximum absolute atomic E-state index is 10.5. The quantitative estimate of drug-likeness (QED) is 0.533. The molecule has 5 heteroatoms. The number of allylic oxidation sites excluding steroid dienone is 2. The lowest BCUT2D eigenvalue weighted by molar-refractivity contribution is 0.597. The van der Waals surface area contributed by atoms with E-state index in [9.17, 15) is 4.57 Å². The Kier molecular flexibility index (Phi) is 4.15. The van der Waals surface area contributed by atoms with E-state index >= 15 is 0 Å². The highest BCUT2D eigenvalue weighted by molar-refractivity contribution is 9.11. The van der Waals surface area contributed by atoms with Crippen LogP contribution >= 0.6 is 44.3 Å². The molecule has 0 rings (SSSR count). The van der Waals surface area contributed by atoms with Gasteiger partial charge in [-0.25, -0.2) is 0 Å². The zero-order valence-electron chi connectivity index (χ0n) is 4.35. The summed E-state index contributed by atoms with van der Waals surface area (Å²) in [6, 6.07) is 0. The Labute approximate surface area is 71.8 Å². The van der Waals surface area contributed by atoms with Crippen molar-refractivity contribution in [3.8, 4) is 0 Å². The van der Waals surface area contributed by atoms with Crippen LogP contribution in [-0.2, 0) is 4.57 Å². The normalized spacial score (nSPS) is 12.3. The summed E-state index contributed by atoms with van der Waals surface area (Å²) in [5, 5.41) is 0. The summed E-state index contributed by atoms with van der Waals surface area (Å²) >= 11 is 13.3. The van der Waals surface area contributed by atoms with Crippen LogP contribution in [0.25, 0.3) is 0 Å². The van der Waals surface area contributed by atoms with Crippen molar-refractivity contribution in [1.29, 1.82) is 0 Å². The Morgan fingerprint density at radius 2 is 2.11 bits per heavy atom. The molecule has 0 saturated heterocycles. The van der Waals surface area contributed by atoms with E-state index in [4.69, 9.17) is 22.5 Å². The van der Waals surface area contributed by atoms with Gasteiger partial charge in [0.1, 0.15) is 0 Å². The first-order chi connectivity index (χ1) is 3.92. The van der Waals surface area contributed by atoms with Crippen molar-refractivity contribution in [2.75, 3.05) is 0 Å². The smallest absolute Gasteiger partial charge is 0.275 e. The summed E-state index contributed by atoms with van der Waals surface area (Å²) in [7, 11) is 0. The molecule has 0 aromatic rings. The molecule has 0 fully saturated rings. The van der Waals surface area contributed by atoms with Crippen molar-refractivity contribution in [2.24, 2.45) is 0 Å². The fraction of sp³-hybridized carbons (Fsp3) is 0. The molecule has 0 heterocycles. The summed E-state index contributed by atoms with van der Waals surface area (Å²) < 4.78 is 11.1. The van der Waals surface area contributed by atoms with Gasteiger partial charge in [-0.05, 0) is 28.6 Å². The zero-order chi connectivity index (χ0) is 7.49. The monoisotopic (exact) mass is 248 g/mol. The van der Waals surface area contributed by atoms with Crippen LogP contribution in [0.2, 0.25) is 0 Å². The molecule has 9 heavy (non-hydrogen) atoms. The largest absolute Gasteiger partial charge is 0.285 e. The maximum atomic E-state index is 10.5. The fourth-order valence-corrected chi connectivity index (χ4v) is 1.20. The lowest BCUT2D eigenvalue weighted by Gasteiger charge is -1.88. The number of hydrogen-bond acceptors (Lipinski definition) is 1. The Morgan fingerprint density at radius 1 is 1.67 bits per heavy atom. The molecule has 0 aliphatic carbocycles. The molecular weight excluding hydrogens is 246 g/mol. The van der Waals surface area contributed by atoms with Gasteiger partial charge in [0.15, 0.2) is 0 Å². The number of hydrogen-bond donors (Lipinski definition) is 0. The molecule has 0 aliphatic rings. The molecule has 0 spiro atoms. The van der Waals surface area contributed by atoms with Crippen LogP contribution in [0.3, 0.4) is 0 Å². The van der Waals surface area contributed by atoms with E-state index < -0.39 is 5.85 Å². The highest BCUT2D eigenvalue weighted by Gasteiger charge is 2.05. The highest BCUT2D eigenvalue weighted by Crippen LogP contribution is 2.58. The predicted molar refractivity (Wildman–Crippen MR) is 46.5 cm³/mol. The summed E-state index contributed by atoms with van der Waals surface area (Å²) in [4.78, 5) is 0. The molecule has 0 radical (unpaired) electrons. The van der Waals surface area contributed by atoms with E-state index in [1.807, 2.05) is 0 Å². The molecular formula is C4H4BrCl2OP. The van der Waals surface area contributed by atoms with Crippen LogP contribution in [0.1, 0.15) is 0 Å². The first kappa shape index (κ1) is 9.77. The first-order valence-corrected chi connectivity index (χ1v) is 6.32. The molecule has 1 nitrogen and oxygen atoms in total. The summed E-state index contributed by atoms with van der Waals surface area (Å²) in [5.74, 6) is -1.84. The van der Waals surface area contributed by atoms with E-state index in [1.165, 1.54) is 11.9 Å². The maximum Gasteiger partial charge on any atom is 0.275 e. The van der Waals surface area contributed by atoms with Gasteiger partial charge in [0.05, 0.1) is 0 Å². The molecule has 0 aromatic carbocycles. The lowest BCUT2D eigenvalue weighted by Crippen LogP contribution is -1.52. The average molecular weight is 250 g/mol. The van der Waals surface area contributed by atoms with Crippen molar-refractivity contribution in [2.45, 2.75) is 0 Å². The molecule has 0 aliphatic heterocycles. The highest BCUT2D eigenvalue weighted by atomic mass is 79.9. The molecule has 0 amide bonds. The van der Waals surface area contributed by atoms with Crippen LogP contribution in [0, 0.1) is 0 Å². The van der Waals surface area contributed by atoms with Gasteiger partial charge < -0.3 is 0 Å². The second-order valence-electron chi connectivity index (χ2n) is 1.27. The molecule has 0 atom stereocenters. The number of rotatable bonds is 2. The number of halogens is 3. The minimum absolute atomic E-state index is 0.587. The van der Waals surface area contributed by atoms with Crippen LogP contribution < -0.4 is 0 Å². The van der Waals surface area contributed by atoms with Gasteiger partial charge in [0.25, 0.3) is 5.85 Å². The van der Waals surface area contributed by atoms with Crippen LogP contribution in [0.5, 0.6) is 0 Å². The first-order valence-electron chi connectivity index (χ1n) is 1.94. The van der Waals surface area contributed by atoms with E-state index in [1.54, 1.807) is 0 Å². The average Bonchev–Trinajstić information content (AvgIpc) is 1.59. The van der Waals surface area contributed by atoms with Gasteiger partial charge in [0, 0.05) is 10.3 Å². The van der Waals surface area contributed by atoms with Gasteiger partial charge in [-0.3, -0.25) is 4.57 Å². The Hall–Kier alpha value is 0.770. The summed E-state index contributed by atoms with van der Waals surface area (Å²) in [5.41, 5.74) is 0. The van der Waals surface area contributed by atoms with Crippen molar-refractivity contribution in [3.05, 3.63) is 23.0 Å². The van der Waals surface area contributed by atoms with Gasteiger partial charge in [-0.2, -0.15) is 0 Å². The van der Waals surface area contributed by atoms with Gasteiger partial charge in [0.2, 0.25) is 0 Å². The van der Waals surface area contributed by atoms with E-state index in [0.29, 0.717) is 4.48 Å². The van der Waals surface area contributed by atoms with Crippen LogP contribution in [-0.4, -0.2) is 0 Å². The van der Waals surface area contributed by atoms with E-state index in [-0.39, 0.29) is 0 Å². The van der Waals surface area contributed by atoms with Crippen LogP contribution in [0.15, 0.2) is 23.0 Å². The van der Waals surface area contributed by atoms with Crippen molar-refractivity contribution < 1.29 is 4.57 Å². The molecule has 0 bridgehead atoms. The third-order valence-corrected chi connectivity index (χ3v) is 1.87. The molecule has 52 valence electrons. The van der Waals surface area contributed by atoms with Gasteiger partial charge in [-0.15, -0.1) is 0 Å². The third kappa shape index (κ3) is 8.77. The lowest BCUT2D eigenvalue weighted by atomic mass is 10.6. The van der Waals surface area contributed by atoms with Crippen LogP contribution in [0.4, 0.5) is 0 Å². The van der Waals surface area contributed by atoms with Crippen molar-refractivity contribution >= 4 is 44.3 Å². The SMILES string of the molecule is C=C(Br)/C=C/P(=O)(Cl)Cl. The summed E-state index contributed by atoms with van der Waals surface area (Å²) in [6.07, 6.45) is 1.45. The third-order valence-electron chi connectivity index (χ3n) is 0.429. The fourth-order valence-electron chi connectivity index (χ4n) is 0.168. The Balaban J connectivity index is 4.02. The Bertz CT molecular complexity index is 183. The second-order valence-corrected chi connectivity index (χ2v) is 7.12. The standard InChI is InChI=1S/C4H4BrCl2OP/c1-4(5)2-3-9(6,7)8/h2-3H,1H2/b3-2+. The summed E-state index contributed by atoms with van der Waals surface area (Å²) in [6.45, 7) is 3.45. The minimum atomic E-state index is -3.05. The molecule has 0 unspecified atom stereocenters. The van der Waals surface area contributed by atoms with Crippen molar-refractivity contribution in [1.82, 2.24) is 0 Å². The predicted octanol–water partition coefficient (Wildman–Crippen LogP) is 4.08. The second kappa shape index (κ2) is 3.82. The topological polar surface area (TPSA) is 17.1 Å². The minimum Gasteiger partial charge on any atom is -0.285 e. The van der Waals surface area contributed by atoms with Gasteiger partial charge in [-0.1, -0.05) is 22.5 Å². The zero-order valence-corrected chi connectivity index (χ0v) is 8.34. The van der Waals surface area contributed by atoms with Crippen molar-refractivity contribution in [3.63, 3.8) is 0 Å². The van der Waals surface area contributed by atoms with E-state index in [2.05, 4.69) is 22.5 Å². The molecule has 0 N–H and O–H groups in total. The molecule has 0 saturated carbocycles.